The maximum atomic E-state index is 11.8. The van der Waals surface area contributed by atoms with Crippen LogP contribution < -0.4 is 5.32 Å². The second kappa shape index (κ2) is 6.53. The molecule has 0 aliphatic rings. The Balaban J connectivity index is 2.26. The third-order valence-electron chi connectivity index (χ3n) is 2.01. The summed E-state index contributed by atoms with van der Waals surface area (Å²) in [6.45, 7) is 0.156. The van der Waals surface area contributed by atoms with E-state index in [2.05, 4.69) is 15.3 Å². The van der Waals surface area contributed by atoms with Gasteiger partial charge in [-0.2, -0.15) is 13.2 Å². The average molecular weight is 282 g/mol. The Morgan fingerprint density at radius 2 is 2.06 bits per heavy atom. The van der Waals surface area contributed by atoms with Crippen molar-refractivity contribution < 1.29 is 18.0 Å². The van der Waals surface area contributed by atoms with E-state index < -0.39 is 18.5 Å². The minimum atomic E-state index is -4.15. The van der Waals surface area contributed by atoms with E-state index in [-0.39, 0.29) is 30.2 Å². The second-order valence-electron chi connectivity index (χ2n) is 3.56. The number of carbonyl (C=O) groups excluding carboxylic acids is 1. The Kier molecular flexibility index (Phi) is 5.33. The molecule has 0 spiro atoms. The number of amides is 1. The zero-order valence-corrected chi connectivity index (χ0v) is 10.1. The third kappa shape index (κ3) is 5.81. The van der Waals surface area contributed by atoms with Gasteiger partial charge in [-0.05, 0) is 12.8 Å². The van der Waals surface area contributed by atoms with E-state index in [4.69, 9.17) is 11.6 Å². The third-order valence-corrected chi connectivity index (χ3v) is 2.19. The first kappa shape index (κ1) is 14.7. The van der Waals surface area contributed by atoms with Crippen LogP contribution in [0.5, 0.6) is 0 Å². The molecule has 0 atom stereocenters. The molecular weight excluding hydrogens is 271 g/mol. The normalized spacial score (nSPS) is 11.3. The van der Waals surface area contributed by atoms with Gasteiger partial charge in [-0.25, -0.2) is 4.98 Å². The van der Waals surface area contributed by atoms with Crippen LogP contribution in [-0.4, -0.2) is 28.6 Å². The summed E-state index contributed by atoms with van der Waals surface area (Å²) in [6, 6.07) is 0. The maximum absolute atomic E-state index is 11.8. The van der Waals surface area contributed by atoms with Gasteiger partial charge in [0.2, 0.25) is 0 Å². The Labute approximate surface area is 107 Å². The molecular formula is C10H11ClF3N3O. The number of carbonyl (C=O) groups is 1. The summed E-state index contributed by atoms with van der Waals surface area (Å²) in [4.78, 5) is 18.9. The van der Waals surface area contributed by atoms with Crippen molar-refractivity contribution in [2.75, 3.05) is 6.54 Å². The van der Waals surface area contributed by atoms with Gasteiger partial charge >= 0.3 is 6.18 Å². The number of hydrogen-bond donors (Lipinski definition) is 1. The van der Waals surface area contributed by atoms with Gasteiger partial charge in [0.15, 0.2) is 0 Å². The fourth-order valence-corrected chi connectivity index (χ4v) is 1.34. The van der Waals surface area contributed by atoms with E-state index in [0.717, 1.165) is 0 Å². The first-order chi connectivity index (χ1) is 8.38. The van der Waals surface area contributed by atoms with Crippen LogP contribution in [0.15, 0.2) is 12.4 Å². The first-order valence-corrected chi connectivity index (χ1v) is 5.59. The van der Waals surface area contributed by atoms with E-state index in [0.29, 0.717) is 0 Å². The van der Waals surface area contributed by atoms with Crippen molar-refractivity contribution in [3.63, 3.8) is 0 Å². The van der Waals surface area contributed by atoms with Gasteiger partial charge in [-0.3, -0.25) is 9.78 Å². The minimum Gasteiger partial charge on any atom is -0.351 e. The summed E-state index contributed by atoms with van der Waals surface area (Å²) in [5, 5.41) is 2.53. The van der Waals surface area contributed by atoms with Gasteiger partial charge in [0.25, 0.3) is 5.91 Å². The number of nitrogens with one attached hydrogen (secondary N) is 1. The number of halogens is 4. The zero-order valence-electron chi connectivity index (χ0n) is 9.30. The number of aromatic nitrogens is 2. The van der Waals surface area contributed by atoms with Gasteiger partial charge in [0.1, 0.15) is 10.8 Å². The van der Waals surface area contributed by atoms with E-state index >= 15 is 0 Å². The molecule has 1 aromatic rings. The number of rotatable bonds is 5. The molecule has 1 aromatic heterocycles. The van der Waals surface area contributed by atoms with Crippen molar-refractivity contribution in [2.45, 2.75) is 25.4 Å². The summed E-state index contributed by atoms with van der Waals surface area (Å²) in [7, 11) is 0. The summed E-state index contributed by atoms with van der Waals surface area (Å²) in [5.41, 5.74) is 0.0401. The van der Waals surface area contributed by atoms with Crippen molar-refractivity contribution in [1.29, 1.82) is 0 Å². The second-order valence-corrected chi connectivity index (χ2v) is 3.94. The molecule has 1 heterocycles. The van der Waals surface area contributed by atoms with Crippen molar-refractivity contribution in [2.24, 2.45) is 0 Å². The van der Waals surface area contributed by atoms with Gasteiger partial charge in [-0.15, -0.1) is 0 Å². The molecule has 0 bridgehead atoms. The molecule has 0 saturated heterocycles. The van der Waals surface area contributed by atoms with Crippen molar-refractivity contribution in [3.8, 4) is 0 Å². The number of unbranched alkanes of at least 4 members (excludes halogenated alkanes) is 1. The zero-order chi connectivity index (χ0) is 13.6. The van der Waals surface area contributed by atoms with Crippen molar-refractivity contribution in [1.82, 2.24) is 15.3 Å². The lowest BCUT2D eigenvalue weighted by Crippen LogP contribution is -2.25. The highest BCUT2D eigenvalue weighted by Crippen LogP contribution is 2.21. The number of alkyl halides is 3. The van der Waals surface area contributed by atoms with Gasteiger partial charge in [-0.1, -0.05) is 11.6 Å². The fraction of sp³-hybridized carbons (Fsp3) is 0.500. The average Bonchev–Trinajstić information content (AvgIpc) is 2.26. The van der Waals surface area contributed by atoms with Crippen LogP contribution in [0.1, 0.15) is 29.8 Å². The van der Waals surface area contributed by atoms with E-state index in [1.165, 1.54) is 12.4 Å². The molecule has 0 saturated carbocycles. The minimum absolute atomic E-state index is 0.0228. The highest BCUT2D eigenvalue weighted by molar-refractivity contribution is 6.29. The summed E-state index contributed by atoms with van der Waals surface area (Å²) in [6.07, 6.45) is -2.26. The predicted molar refractivity (Wildman–Crippen MR) is 59.3 cm³/mol. The Bertz CT molecular complexity index is 412. The summed E-state index contributed by atoms with van der Waals surface area (Å²) < 4.78 is 35.5. The number of hydrogen-bond acceptors (Lipinski definition) is 3. The van der Waals surface area contributed by atoms with Crippen LogP contribution in [0.4, 0.5) is 13.2 Å². The first-order valence-electron chi connectivity index (χ1n) is 5.21. The fourth-order valence-electron chi connectivity index (χ4n) is 1.19. The molecule has 0 aliphatic carbocycles. The molecule has 100 valence electrons. The van der Waals surface area contributed by atoms with Gasteiger partial charge in [0, 0.05) is 13.0 Å². The van der Waals surface area contributed by atoms with Crippen molar-refractivity contribution >= 4 is 17.5 Å². The molecule has 1 N–H and O–H groups in total. The lowest BCUT2D eigenvalue weighted by atomic mass is 10.2. The maximum Gasteiger partial charge on any atom is 0.389 e. The molecule has 8 heteroatoms. The van der Waals surface area contributed by atoms with E-state index in [1.54, 1.807) is 0 Å². The van der Waals surface area contributed by atoms with Crippen LogP contribution in [0.2, 0.25) is 5.15 Å². The van der Waals surface area contributed by atoms with Gasteiger partial charge < -0.3 is 5.32 Å². The topological polar surface area (TPSA) is 54.9 Å². The van der Waals surface area contributed by atoms with Gasteiger partial charge in [0.05, 0.1) is 12.4 Å². The standard InChI is InChI=1S/C10H11ClF3N3O/c11-8-6-15-5-7(17-8)9(18)16-4-2-1-3-10(12,13)14/h5-6H,1-4H2,(H,16,18). The molecule has 18 heavy (non-hydrogen) atoms. The molecule has 0 aliphatic heterocycles. The predicted octanol–water partition coefficient (Wildman–Crippen LogP) is 2.59. The highest BCUT2D eigenvalue weighted by atomic mass is 35.5. The Hall–Kier alpha value is -1.37. The molecule has 0 aromatic carbocycles. The molecule has 1 amide bonds. The van der Waals surface area contributed by atoms with Crippen molar-refractivity contribution in [3.05, 3.63) is 23.2 Å². The van der Waals surface area contributed by atoms with Crippen LogP contribution in [0, 0.1) is 0 Å². The lowest BCUT2D eigenvalue weighted by Gasteiger charge is -2.06. The monoisotopic (exact) mass is 281 g/mol. The molecule has 4 nitrogen and oxygen atoms in total. The smallest absolute Gasteiger partial charge is 0.351 e. The number of nitrogens with zero attached hydrogens (tertiary/aromatic N) is 2. The highest BCUT2D eigenvalue weighted by Gasteiger charge is 2.25. The van der Waals surface area contributed by atoms with Crippen LogP contribution in [0.3, 0.4) is 0 Å². The molecule has 0 unspecified atom stereocenters. The molecule has 0 radical (unpaired) electrons. The Morgan fingerprint density at radius 3 is 2.67 bits per heavy atom. The Morgan fingerprint density at radius 1 is 1.33 bits per heavy atom. The molecule has 1 rings (SSSR count). The summed E-state index contributed by atoms with van der Waals surface area (Å²) >= 11 is 5.54. The SMILES string of the molecule is O=C(NCCCCC(F)(F)F)c1cncc(Cl)n1. The van der Waals surface area contributed by atoms with Crippen LogP contribution in [-0.2, 0) is 0 Å². The van der Waals surface area contributed by atoms with Crippen LogP contribution in [0.25, 0.3) is 0 Å². The van der Waals surface area contributed by atoms with E-state index in [1.807, 2.05) is 0 Å². The van der Waals surface area contributed by atoms with E-state index in [9.17, 15) is 18.0 Å². The largest absolute Gasteiger partial charge is 0.389 e. The summed E-state index contributed by atoms with van der Waals surface area (Å²) in [5.74, 6) is -0.503. The van der Waals surface area contributed by atoms with Crippen LogP contribution >= 0.6 is 11.6 Å². The quantitative estimate of drug-likeness (QED) is 0.844. The lowest BCUT2D eigenvalue weighted by molar-refractivity contribution is -0.135. The molecule has 0 fully saturated rings.